The molecule has 9 nitrogen and oxygen atoms in total. The van der Waals surface area contributed by atoms with Gasteiger partial charge in [-0.25, -0.2) is 8.42 Å². The van der Waals surface area contributed by atoms with Crippen LogP contribution in [0.2, 0.25) is 10.0 Å². The number of nitrogens with one attached hydrogen (secondary N) is 1. The maximum absolute atomic E-state index is 13.6. The lowest BCUT2D eigenvalue weighted by atomic mass is 10.1. The van der Waals surface area contributed by atoms with Gasteiger partial charge in [0.2, 0.25) is 28.6 Å². The van der Waals surface area contributed by atoms with Crippen molar-refractivity contribution in [2.75, 3.05) is 30.4 Å². The molecule has 214 valence electrons. The normalized spacial score (nSPS) is 13.3. The average molecular weight is 601 g/mol. The summed E-state index contributed by atoms with van der Waals surface area (Å²) in [5, 5.41) is 3.78. The molecule has 0 unspecified atom stereocenters. The van der Waals surface area contributed by atoms with Gasteiger partial charge in [0.15, 0.2) is 11.5 Å². The number of nitrogens with zero attached hydrogens (tertiary/aromatic N) is 2. The maximum Gasteiger partial charge on any atom is 0.242 e. The lowest BCUT2D eigenvalue weighted by Crippen LogP contribution is -2.49. The molecular weight excluding hydrogens is 565 g/mol. The molecule has 0 fully saturated rings. The van der Waals surface area contributed by atoms with Crippen molar-refractivity contribution in [1.29, 1.82) is 0 Å². The van der Waals surface area contributed by atoms with E-state index in [0.717, 1.165) is 6.26 Å². The van der Waals surface area contributed by atoms with Gasteiger partial charge in [-0.3, -0.25) is 13.9 Å². The van der Waals surface area contributed by atoms with Crippen LogP contribution < -0.4 is 19.1 Å². The summed E-state index contributed by atoms with van der Waals surface area (Å²) in [6, 6.07) is 9.18. The maximum atomic E-state index is 13.6. The van der Waals surface area contributed by atoms with Crippen LogP contribution in [0.25, 0.3) is 0 Å². The molecule has 39 heavy (non-hydrogen) atoms. The molecule has 1 atom stereocenters. The molecule has 0 bridgehead atoms. The first-order chi connectivity index (χ1) is 18.4. The standard InChI is InChI=1S/C27H35Cl2N3O6S/c1-5-23(27(34)30-15-18(2)3)31(16-19-8-9-20(28)13-22(19)29)26(33)7-6-12-32(39(4,35)36)21-10-11-24-25(14-21)38-17-37-24/h8-11,13-14,18,23H,5-7,12,15-17H2,1-4H3,(H,30,34)/t23-/m0/s1. The SMILES string of the molecule is CC[C@@H](C(=O)NCC(C)C)N(Cc1ccc(Cl)cc1Cl)C(=O)CCCN(c1ccc2c(c1)OCO2)S(C)(=O)=O. The number of rotatable bonds is 13. The summed E-state index contributed by atoms with van der Waals surface area (Å²) in [5.74, 6) is 0.718. The van der Waals surface area contributed by atoms with Crippen LogP contribution in [0.4, 0.5) is 5.69 Å². The van der Waals surface area contributed by atoms with Crippen LogP contribution in [0.15, 0.2) is 36.4 Å². The number of carbonyl (C=O) groups is 2. The van der Waals surface area contributed by atoms with E-state index in [9.17, 15) is 18.0 Å². The van der Waals surface area contributed by atoms with Crippen molar-refractivity contribution in [3.8, 4) is 11.5 Å². The van der Waals surface area contributed by atoms with Crippen molar-refractivity contribution in [3.05, 3.63) is 52.0 Å². The highest BCUT2D eigenvalue weighted by Gasteiger charge is 2.29. The summed E-state index contributed by atoms with van der Waals surface area (Å²) >= 11 is 12.4. The van der Waals surface area contributed by atoms with E-state index in [1.54, 1.807) is 36.4 Å². The molecular formula is C27H35Cl2N3O6S. The minimum absolute atomic E-state index is 0.0236. The molecule has 1 heterocycles. The molecule has 2 aromatic carbocycles. The number of sulfonamides is 1. The van der Waals surface area contributed by atoms with E-state index in [1.165, 1.54) is 9.21 Å². The monoisotopic (exact) mass is 599 g/mol. The predicted octanol–water partition coefficient (Wildman–Crippen LogP) is 4.85. The predicted molar refractivity (Wildman–Crippen MR) is 153 cm³/mol. The molecule has 0 saturated heterocycles. The molecule has 2 amide bonds. The second-order valence-electron chi connectivity index (χ2n) is 9.80. The largest absolute Gasteiger partial charge is 0.454 e. The fraction of sp³-hybridized carbons (Fsp3) is 0.481. The highest BCUT2D eigenvalue weighted by atomic mass is 35.5. The zero-order valence-electron chi connectivity index (χ0n) is 22.6. The Balaban J connectivity index is 1.78. The first-order valence-electron chi connectivity index (χ1n) is 12.8. The van der Waals surface area contributed by atoms with Gasteiger partial charge in [0.05, 0.1) is 11.9 Å². The smallest absolute Gasteiger partial charge is 0.242 e. The van der Waals surface area contributed by atoms with E-state index in [-0.39, 0.29) is 50.5 Å². The first kappa shape index (κ1) is 30.8. The third kappa shape index (κ3) is 8.40. The fourth-order valence-electron chi connectivity index (χ4n) is 4.22. The van der Waals surface area contributed by atoms with E-state index >= 15 is 0 Å². The summed E-state index contributed by atoms with van der Waals surface area (Å²) in [7, 11) is -3.64. The van der Waals surface area contributed by atoms with Crippen molar-refractivity contribution < 1.29 is 27.5 Å². The highest BCUT2D eigenvalue weighted by molar-refractivity contribution is 7.92. The number of carbonyl (C=O) groups excluding carboxylic acids is 2. The summed E-state index contributed by atoms with van der Waals surface area (Å²) < 4.78 is 37.1. The van der Waals surface area contributed by atoms with Crippen LogP contribution in [-0.4, -0.2) is 57.3 Å². The Bertz CT molecular complexity index is 1290. The van der Waals surface area contributed by atoms with Gasteiger partial charge >= 0.3 is 0 Å². The number of benzene rings is 2. The zero-order chi connectivity index (χ0) is 28.7. The van der Waals surface area contributed by atoms with E-state index in [1.807, 2.05) is 20.8 Å². The summed E-state index contributed by atoms with van der Waals surface area (Å²) in [6.45, 7) is 6.56. The Hall–Kier alpha value is -2.69. The van der Waals surface area contributed by atoms with E-state index < -0.39 is 16.1 Å². The van der Waals surface area contributed by atoms with Crippen molar-refractivity contribution in [2.24, 2.45) is 5.92 Å². The van der Waals surface area contributed by atoms with Gasteiger partial charge < -0.3 is 19.7 Å². The molecule has 0 aromatic heterocycles. The Morgan fingerprint density at radius 1 is 1.08 bits per heavy atom. The first-order valence-corrected chi connectivity index (χ1v) is 15.4. The topological polar surface area (TPSA) is 105 Å². The van der Waals surface area contributed by atoms with Gasteiger partial charge in [0.25, 0.3) is 0 Å². The number of amides is 2. The number of fused-ring (bicyclic) bond motifs is 1. The summed E-state index contributed by atoms with van der Waals surface area (Å²) in [6.07, 6.45) is 1.76. The van der Waals surface area contributed by atoms with Crippen molar-refractivity contribution in [3.63, 3.8) is 0 Å². The van der Waals surface area contributed by atoms with E-state index in [0.29, 0.717) is 45.8 Å². The quantitative estimate of drug-likeness (QED) is 0.353. The number of hydrogen-bond donors (Lipinski definition) is 1. The summed E-state index contributed by atoms with van der Waals surface area (Å²) in [5.41, 5.74) is 1.07. The third-order valence-electron chi connectivity index (χ3n) is 6.22. The minimum atomic E-state index is -3.64. The van der Waals surface area contributed by atoms with E-state index in [4.69, 9.17) is 32.7 Å². The van der Waals surface area contributed by atoms with Gasteiger partial charge in [0.1, 0.15) is 6.04 Å². The molecule has 1 aliphatic rings. The Morgan fingerprint density at radius 2 is 1.79 bits per heavy atom. The fourth-order valence-corrected chi connectivity index (χ4v) is 5.65. The molecule has 3 rings (SSSR count). The van der Waals surface area contributed by atoms with Crippen LogP contribution in [-0.2, 0) is 26.2 Å². The molecule has 0 saturated carbocycles. The minimum Gasteiger partial charge on any atom is -0.454 e. The second kappa shape index (κ2) is 13.6. The number of halogens is 2. The lowest BCUT2D eigenvalue weighted by molar-refractivity contribution is -0.141. The van der Waals surface area contributed by atoms with Crippen molar-refractivity contribution >= 4 is 50.7 Å². The van der Waals surface area contributed by atoms with Gasteiger partial charge in [0, 0.05) is 42.2 Å². The van der Waals surface area contributed by atoms with Crippen molar-refractivity contribution in [2.45, 2.75) is 52.6 Å². The van der Waals surface area contributed by atoms with Crippen LogP contribution in [0.5, 0.6) is 11.5 Å². The van der Waals surface area contributed by atoms with Crippen LogP contribution in [0.3, 0.4) is 0 Å². The highest BCUT2D eigenvalue weighted by Crippen LogP contribution is 2.36. The van der Waals surface area contributed by atoms with Crippen LogP contribution in [0.1, 0.15) is 45.6 Å². The van der Waals surface area contributed by atoms with E-state index in [2.05, 4.69) is 5.32 Å². The molecule has 0 spiro atoms. The summed E-state index contributed by atoms with van der Waals surface area (Å²) in [4.78, 5) is 28.1. The zero-order valence-corrected chi connectivity index (χ0v) is 24.9. The van der Waals surface area contributed by atoms with Gasteiger partial charge in [-0.2, -0.15) is 0 Å². The van der Waals surface area contributed by atoms with Gasteiger partial charge in [-0.05, 0) is 48.6 Å². The lowest BCUT2D eigenvalue weighted by Gasteiger charge is -2.31. The molecule has 0 radical (unpaired) electrons. The third-order valence-corrected chi connectivity index (χ3v) is 8.00. The Morgan fingerprint density at radius 3 is 2.44 bits per heavy atom. The molecule has 1 aliphatic heterocycles. The molecule has 1 N–H and O–H groups in total. The number of hydrogen-bond acceptors (Lipinski definition) is 6. The molecule has 12 heteroatoms. The molecule has 0 aliphatic carbocycles. The number of ether oxygens (including phenoxy) is 2. The van der Waals surface area contributed by atoms with Crippen LogP contribution >= 0.6 is 23.2 Å². The second-order valence-corrected chi connectivity index (χ2v) is 12.5. The van der Waals surface area contributed by atoms with Gasteiger partial charge in [-0.15, -0.1) is 0 Å². The Kier molecular flexibility index (Phi) is 10.7. The average Bonchev–Trinajstić information content (AvgIpc) is 3.33. The Labute approximate surface area is 240 Å². The molecule has 2 aromatic rings. The number of anilines is 1. The van der Waals surface area contributed by atoms with Gasteiger partial charge in [-0.1, -0.05) is 50.0 Å². The van der Waals surface area contributed by atoms with Crippen molar-refractivity contribution in [1.82, 2.24) is 10.2 Å². The van der Waals surface area contributed by atoms with Crippen LogP contribution in [0, 0.1) is 5.92 Å².